The SMILES string of the molecule is C/C(C#N)=C1\c2ccccc2COc2cc(Cn3c(C4CC4)nc4c(C)ccnc43)ccc21. The summed E-state index contributed by atoms with van der Waals surface area (Å²) in [5.41, 5.74) is 9.01. The maximum Gasteiger partial charge on any atom is 0.160 e. The molecule has 1 aliphatic carbocycles. The van der Waals surface area contributed by atoms with Gasteiger partial charge >= 0.3 is 0 Å². The van der Waals surface area contributed by atoms with Gasteiger partial charge in [-0.1, -0.05) is 36.4 Å². The molecule has 3 heterocycles. The monoisotopic (exact) mass is 432 g/mol. The lowest BCUT2D eigenvalue weighted by molar-refractivity contribution is 0.307. The highest BCUT2D eigenvalue weighted by Gasteiger charge is 2.30. The Balaban J connectivity index is 1.46. The van der Waals surface area contributed by atoms with E-state index >= 15 is 0 Å². The predicted molar refractivity (Wildman–Crippen MR) is 128 cm³/mol. The third-order valence-corrected chi connectivity index (χ3v) is 6.68. The standard InChI is InChI=1S/C28H24N4O/c1-17-11-12-30-28-26(17)31-27(20-8-9-20)32(28)15-19-7-10-23-24(13-19)33-16-21-5-3-4-6-22(21)25(23)18(2)14-29/h3-7,10-13,20H,8-9,15-16H2,1-2H3/b25-18-. The summed E-state index contributed by atoms with van der Waals surface area (Å²) in [7, 11) is 0. The molecule has 33 heavy (non-hydrogen) atoms. The summed E-state index contributed by atoms with van der Waals surface area (Å²) >= 11 is 0. The summed E-state index contributed by atoms with van der Waals surface area (Å²) in [5.74, 6) is 2.48. The topological polar surface area (TPSA) is 63.7 Å². The van der Waals surface area contributed by atoms with Crippen LogP contribution in [0.4, 0.5) is 0 Å². The van der Waals surface area contributed by atoms with Crippen molar-refractivity contribution < 1.29 is 4.74 Å². The molecule has 0 unspecified atom stereocenters. The van der Waals surface area contributed by atoms with Crippen LogP contribution in [0.2, 0.25) is 0 Å². The minimum Gasteiger partial charge on any atom is -0.488 e. The molecule has 1 aliphatic heterocycles. The van der Waals surface area contributed by atoms with Crippen molar-refractivity contribution in [3.63, 3.8) is 0 Å². The quantitative estimate of drug-likeness (QED) is 0.378. The Kier molecular flexibility index (Phi) is 4.55. The fourth-order valence-electron chi connectivity index (χ4n) is 4.79. The van der Waals surface area contributed by atoms with Gasteiger partial charge in [-0.2, -0.15) is 5.26 Å². The highest BCUT2D eigenvalue weighted by molar-refractivity contribution is 5.88. The molecule has 5 nitrogen and oxygen atoms in total. The summed E-state index contributed by atoms with van der Waals surface area (Å²) in [6.45, 7) is 5.15. The summed E-state index contributed by atoms with van der Waals surface area (Å²) < 4.78 is 8.54. The molecule has 1 saturated carbocycles. The van der Waals surface area contributed by atoms with Crippen LogP contribution in [-0.2, 0) is 13.2 Å². The van der Waals surface area contributed by atoms with E-state index in [1.165, 1.54) is 12.8 Å². The van der Waals surface area contributed by atoms with Crippen molar-refractivity contribution in [1.82, 2.24) is 14.5 Å². The molecule has 5 heteroatoms. The van der Waals surface area contributed by atoms with E-state index in [-0.39, 0.29) is 0 Å². The minimum absolute atomic E-state index is 0.483. The lowest BCUT2D eigenvalue weighted by Crippen LogP contribution is -2.06. The number of nitrogens with zero attached hydrogens (tertiary/aromatic N) is 4. The first kappa shape index (κ1) is 19.8. The van der Waals surface area contributed by atoms with Crippen molar-refractivity contribution in [2.75, 3.05) is 0 Å². The van der Waals surface area contributed by atoms with Crippen LogP contribution in [0.15, 0.2) is 60.3 Å². The van der Waals surface area contributed by atoms with Gasteiger partial charge in [0.25, 0.3) is 0 Å². The summed E-state index contributed by atoms with van der Waals surface area (Å²) in [5, 5.41) is 9.70. The maximum absolute atomic E-state index is 9.70. The number of rotatable bonds is 3. The van der Waals surface area contributed by atoms with E-state index in [0.29, 0.717) is 24.6 Å². The van der Waals surface area contributed by atoms with Crippen molar-refractivity contribution in [1.29, 1.82) is 5.26 Å². The molecule has 0 radical (unpaired) electrons. The van der Waals surface area contributed by atoms with Crippen LogP contribution in [0.3, 0.4) is 0 Å². The second-order valence-electron chi connectivity index (χ2n) is 9.02. The van der Waals surface area contributed by atoms with Gasteiger partial charge in [-0.05, 0) is 61.1 Å². The first-order valence-electron chi connectivity index (χ1n) is 11.4. The van der Waals surface area contributed by atoms with Gasteiger partial charge in [0.1, 0.15) is 23.7 Å². The minimum atomic E-state index is 0.483. The maximum atomic E-state index is 9.70. The fraction of sp³-hybridized carbons (Fsp3) is 0.250. The van der Waals surface area contributed by atoms with Crippen molar-refractivity contribution in [3.05, 3.63) is 93.9 Å². The molecule has 2 aromatic carbocycles. The van der Waals surface area contributed by atoms with Gasteiger partial charge in [-0.3, -0.25) is 0 Å². The lowest BCUT2D eigenvalue weighted by atomic mass is 9.90. The lowest BCUT2D eigenvalue weighted by Gasteiger charge is -2.14. The van der Waals surface area contributed by atoms with Crippen molar-refractivity contribution >= 4 is 16.7 Å². The average molecular weight is 433 g/mol. The van der Waals surface area contributed by atoms with E-state index in [1.807, 2.05) is 31.3 Å². The Bertz CT molecular complexity index is 1480. The molecule has 4 aromatic rings. The van der Waals surface area contributed by atoms with E-state index in [4.69, 9.17) is 9.72 Å². The van der Waals surface area contributed by atoms with Gasteiger partial charge in [-0.25, -0.2) is 9.97 Å². The van der Waals surface area contributed by atoms with Gasteiger partial charge in [0.2, 0.25) is 0 Å². The number of hydrogen-bond donors (Lipinski definition) is 0. The van der Waals surface area contributed by atoms with Crippen LogP contribution < -0.4 is 4.74 Å². The molecule has 1 fully saturated rings. The molecular weight excluding hydrogens is 408 g/mol. The zero-order valence-electron chi connectivity index (χ0n) is 18.8. The fourth-order valence-corrected chi connectivity index (χ4v) is 4.79. The Morgan fingerprint density at radius 1 is 1.15 bits per heavy atom. The van der Waals surface area contributed by atoms with E-state index in [9.17, 15) is 5.26 Å². The smallest absolute Gasteiger partial charge is 0.160 e. The molecule has 2 aliphatic rings. The van der Waals surface area contributed by atoms with Crippen LogP contribution in [0.1, 0.15) is 59.3 Å². The second kappa shape index (κ2) is 7.60. The normalized spacial score (nSPS) is 16.4. The third kappa shape index (κ3) is 3.30. The summed E-state index contributed by atoms with van der Waals surface area (Å²) in [6, 6.07) is 18.9. The van der Waals surface area contributed by atoms with Crippen molar-refractivity contribution in [3.8, 4) is 11.8 Å². The van der Waals surface area contributed by atoms with Gasteiger partial charge in [0, 0.05) is 28.8 Å². The summed E-state index contributed by atoms with van der Waals surface area (Å²) in [4.78, 5) is 9.64. The van der Waals surface area contributed by atoms with Crippen LogP contribution in [0, 0.1) is 18.3 Å². The molecule has 0 amide bonds. The molecule has 0 saturated heterocycles. The molecule has 0 atom stereocenters. The molecule has 2 aromatic heterocycles. The van der Waals surface area contributed by atoms with Crippen LogP contribution in [0.5, 0.6) is 5.75 Å². The Morgan fingerprint density at radius 2 is 2.00 bits per heavy atom. The molecule has 0 spiro atoms. The number of ether oxygens (including phenoxy) is 1. The van der Waals surface area contributed by atoms with Gasteiger partial charge < -0.3 is 9.30 Å². The number of pyridine rings is 1. The van der Waals surface area contributed by atoms with Crippen LogP contribution in [-0.4, -0.2) is 14.5 Å². The predicted octanol–water partition coefficient (Wildman–Crippen LogP) is 5.90. The molecular formula is C28H24N4O. The molecule has 0 N–H and O–H groups in total. The van der Waals surface area contributed by atoms with E-state index < -0.39 is 0 Å². The number of benzene rings is 2. The van der Waals surface area contributed by atoms with Gasteiger partial charge in [-0.15, -0.1) is 0 Å². The second-order valence-corrected chi connectivity index (χ2v) is 9.02. The molecule has 6 rings (SSSR count). The Morgan fingerprint density at radius 3 is 2.82 bits per heavy atom. The molecule has 162 valence electrons. The van der Waals surface area contributed by atoms with Gasteiger partial charge in [0.05, 0.1) is 12.6 Å². The Labute approximate surface area is 193 Å². The van der Waals surface area contributed by atoms with E-state index in [0.717, 1.165) is 56.1 Å². The van der Waals surface area contributed by atoms with Gasteiger partial charge in [0.15, 0.2) is 5.65 Å². The van der Waals surface area contributed by atoms with E-state index in [1.54, 1.807) is 0 Å². The third-order valence-electron chi connectivity index (χ3n) is 6.68. The van der Waals surface area contributed by atoms with Crippen molar-refractivity contribution in [2.24, 2.45) is 0 Å². The average Bonchev–Trinajstić information content (AvgIpc) is 3.63. The number of allylic oxidation sites excluding steroid dienone is 1. The number of imidazole rings is 1. The highest BCUT2D eigenvalue weighted by atomic mass is 16.5. The van der Waals surface area contributed by atoms with Crippen LogP contribution >= 0.6 is 0 Å². The van der Waals surface area contributed by atoms with E-state index in [2.05, 4.69) is 52.9 Å². The number of aryl methyl sites for hydroxylation is 1. The number of nitriles is 1. The van der Waals surface area contributed by atoms with Crippen molar-refractivity contribution in [2.45, 2.75) is 45.8 Å². The Hall–Kier alpha value is -3.91. The molecule has 0 bridgehead atoms. The highest BCUT2D eigenvalue weighted by Crippen LogP contribution is 2.42. The number of aromatic nitrogens is 3. The number of fused-ring (bicyclic) bond motifs is 3. The largest absolute Gasteiger partial charge is 0.488 e. The zero-order chi connectivity index (χ0) is 22.5. The van der Waals surface area contributed by atoms with Crippen LogP contribution in [0.25, 0.3) is 16.7 Å². The first-order valence-corrected chi connectivity index (χ1v) is 11.4. The summed E-state index contributed by atoms with van der Waals surface area (Å²) in [6.07, 6.45) is 4.25. The number of hydrogen-bond acceptors (Lipinski definition) is 4. The first-order chi connectivity index (χ1) is 16.1. The zero-order valence-corrected chi connectivity index (χ0v) is 18.8.